The van der Waals surface area contributed by atoms with Crippen molar-refractivity contribution < 1.29 is 17.9 Å². The molecule has 0 spiro atoms. The summed E-state index contributed by atoms with van der Waals surface area (Å²) < 4.78 is 42.5. The zero-order valence-corrected chi connectivity index (χ0v) is 15.6. The summed E-state index contributed by atoms with van der Waals surface area (Å²) in [6, 6.07) is 12.2. The van der Waals surface area contributed by atoms with Crippen LogP contribution >= 0.6 is 0 Å². The first-order valence-electron chi connectivity index (χ1n) is 8.86. The van der Waals surface area contributed by atoms with Gasteiger partial charge in [-0.1, -0.05) is 0 Å². The molecule has 6 nitrogen and oxygen atoms in total. The van der Waals surface area contributed by atoms with Crippen LogP contribution in [-0.2, 0) is 0 Å². The van der Waals surface area contributed by atoms with Crippen LogP contribution in [0.15, 0.2) is 71.9 Å². The lowest BCUT2D eigenvalue weighted by Crippen LogP contribution is -2.22. The number of fused-ring (bicyclic) bond motifs is 1. The van der Waals surface area contributed by atoms with Crippen molar-refractivity contribution >= 4 is 22.3 Å². The van der Waals surface area contributed by atoms with Gasteiger partial charge in [0.15, 0.2) is 0 Å². The summed E-state index contributed by atoms with van der Waals surface area (Å²) in [6.45, 7) is 1.75. The van der Waals surface area contributed by atoms with Gasteiger partial charge in [-0.2, -0.15) is 0 Å². The van der Waals surface area contributed by atoms with E-state index in [1.54, 1.807) is 43.7 Å². The van der Waals surface area contributed by atoms with E-state index in [9.17, 15) is 18.0 Å². The number of pyridine rings is 3. The van der Waals surface area contributed by atoms with Crippen LogP contribution in [0.3, 0.4) is 0 Å². The van der Waals surface area contributed by atoms with Gasteiger partial charge in [-0.3, -0.25) is 14.3 Å². The van der Waals surface area contributed by atoms with Gasteiger partial charge in [0.1, 0.15) is 11.6 Å². The molecule has 9 heteroatoms. The van der Waals surface area contributed by atoms with Crippen LogP contribution in [0.1, 0.15) is 5.69 Å². The molecular formula is C21H15F3N4O2. The van der Waals surface area contributed by atoms with Crippen molar-refractivity contribution in [1.29, 1.82) is 0 Å². The number of halogens is 3. The van der Waals surface area contributed by atoms with Crippen molar-refractivity contribution in [2.45, 2.75) is 13.3 Å². The summed E-state index contributed by atoms with van der Waals surface area (Å²) in [6.07, 6.45) is 0.0418. The molecule has 0 saturated heterocycles. The summed E-state index contributed by atoms with van der Waals surface area (Å²) in [5, 5.41) is 4.13. The van der Waals surface area contributed by atoms with Crippen LogP contribution in [0.2, 0.25) is 0 Å². The lowest BCUT2D eigenvalue weighted by Gasteiger charge is -2.15. The highest BCUT2D eigenvalue weighted by Gasteiger charge is 2.31. The fraction of sp³-hybridized carbons (Fsp3) is 0.0952. The molecule has 0 aliphatic heterocycles. The third-order valence-corrected chi connectivity index (χ3v) is 4.37. The van der Waals surface area contributed by atoms with Crippen molar-refractivity contribution in [2.75, 3.05) is 5.32 Å². The Morgan fingerprint density at radius 1 is 1.07 bits per heavy atom. The van der Waals surface area contributed by atoms with Gasteiger partial charge in [0.25, 0.3) is 5.56 Å². The van der Waals surface area contributed by atoms with E-state index >= 15 is 0 Å². The lowest BCUT2D eigenvalue weighted by molar-refractivity contribution is -0.274. The van der Waals surface area contributed by atoms with Crippen molar-refractivity contribution in [2.24, 2.45) is 0 Å². The summed E-state index contributed by atoms with van der Waals surface area (Å²) >= 11 is 0. The largest absolute Gasteiger partial charge is 0.573 e. The zero-order chi connectivity index (χ0) is 21.3. The van der Waals surface area contributed by atoms with E-state index in [1.165, 1.54) is 16.7 Å². The molecule has 0 fully saturated rings. The number of hydrogen-bond donors (Lipinski definition) is 1. The highest BCUT2D eigenvalue weighted by Crippen LogP contribution is 2.26. The first-order valence-corrected chi connectivity index (χ1v) is 8.86. The van der Waals surface area contributed by atoms with Gasteiger partial charge in [0.2, 0.25) is 0 Å². The number of hydrogen-bond acceptors (Lipinski definition) is 5. The minimum atomic E-state index is -4.78. The number of aromatic nitrogens is 3. The Morgan fingerprint density at radius 2 is 1.83 bits per heavy atom. The normalized spacial score (nSPS) is 11.5. The number of nitrogens with one attached hydrogen (secondary N) is 1. The Hall–Kier alpha value is -3.88. The van der Waals surface area contributed by atoms with Crippen LogP contribution in [0.4, 0.5) is 24.7 Å². The lowest BCUT2D eigenvalue weighted by atomic mass is 10.1. The van der Waals surface area contributed by atoms with Gasteiger partial charge in [0.05, 0.1) is 17.3 Å². The third-order valence-electron chi connectivity index (χ3n) is 4.37. The number of anilines is 2. The molecule has 0 unspecified atom stereocenters. The van der Waals surface area contributed by atoms with Crippen LogP contribution < -0.4 is 15.6 Å². The molecule has 0 aliphatic rings. The minimum absolute atomic E-state index is 0.350. The van der Waals surface area contributed by atoms with E-state index in [4.69, 9.17) is 0 Å². The molecule has 152 valence electrons. The molecule has 4 rings (SSSR count). The highest BCUT2D eigenvalue weighted by molar-refractivity contribution is 5.93. The van der Waals surface area contributed by atoms with Crippen molar-refractivity contribution in [3.63, 3.8) is 0 Å². The second-order valence-electron chi connectivity index (χ2n) is 6.46. The number of nitrogens with zero attached hydrogens (tertiary/aromatic N) is 3. The molecule has 30 heavy (non-hydrogen) atoms. The Bertz CT molecular complexity index is 1250. The number of benzene rings is 1. The standard InChI is InChI=1S/C21H15F3N4O2/c1-13-11-14-8-10-26-19(27-15-3-2-9-25-12-15)18(14)20(29)28(13)16-4-6-17(7-5-16)30-21(22,23)24/h2-12H,1H3,(H,26,27). The molecule has 3 heterocycles. The number of rotatable bonds is 4. The van der Waals surface area contributed by atoms with E-state index in [0.29, 0.717) is 33.7 Å². The van der Waals surface area contributed by atoms with Crippen LogP contribution in [0, 0.1) is 6.92 Å². The predicted molar refractivity (Wildman–Crippen MR) is 106 cm³/mol. The Morgan fingerprint density at radius 3 is 2.50 bits per heavy atom. The third kappa shape index (κ3) is 3.95. The van der Waals surface area contributed by atoms with E-state index in [1.807, 2.05) is 6.07 Å². The summed E-state index contributed by atoms with van der Waals surface area (Å²) in [5.41, 5.74) is 1.34. The van der Waals surface area contributed by atoms with Crippen molar-refractivity contribution in [3.05, 3.63) is 83.2 Å². The molecule has 0 bridgehead atoms. The molecule has 3 aromatic heterocycles. The maximum absolute atomic E-state index is 13.3. The van der Waals surface area contributed by atoms with E-state index in [-0.39, 0.29) is 11.3 Å². The molecule has 0 aliphatic carbocycles. The van der Waals surface area contributed by atoms with Gasteiger partial charge in [-0.15, -0.1) is 13.2 Å². The van der Waals surface area contributed by atoms with Crippen LogP contribution in [-0.4, -0.2) is 20.9 Å². The number of ether oxygens (including phenoxy) is 1. The van der Waals surface area contributed by atoms with Gasteiger partial charge >= 0.3 is 6.36 Å². The van der Waals surface area contributed by atoms with Gasteiger partial charge in [0, 0.05) is 23.8 Å². The summed E-state index contributed by atoms with van der Waals surface area (Å²) in [5.74, 6) is -0.00499. The topological polar surface area (TPSA) is 69.0 Å². The molecule has 4 aromatic rings. The first kappa shape index (κ1) is 19.4. The molecule has 0 saturated carbocycles. The quantitative estimate of drug-likeness (QED) is 0.525. The monoisotopic (exact) mass is 412 g/mol. The Labute approximate surface area is 168 Å². The van der Waals surface area contributed by atoms with E-state index in [0.717, 1.165) is 12.1 Å². The molecule has 1 aromatic carbocycles. The average molecular weight is 412 g/mol. The van der Waals surface area contributed by atoms with Gasteiger partial charge < -0.3 is 10.1 Å². The van der Waals surface area contributed by atoms with Gasteiger partial charge in [-0.05, 0) is 60.8 Å². The van der Waals surface area contributed by atoms with Gasteiger partial charge in [-0.25, -0.2) is 4.98 Å². The fourth-order valence-corrected chi connectivity index (χ4v) is 3.17. The summed E-state index contributed by atoms with van der Waals surface area (Å²) in [4.78, 5) is 21.6. The second kappa shape index (κ2) is 7.51. The minimum Gasteiger partial charge on any atom is -0.406 e. The fourth-order valence-electron chi connectivity index (χ4n) is 3.17. The number of aryl methyl sites for hydroxylation is 1. The van der Waals surface area contributed by atoms with Crippen molar-refractivity contribution in [3.8, 4) is 11.4 Å². The second-order valence-corrected chi connectivity index (χ2v) is 6.46. The van der Waals surface area contributed by atoms with E-state index in [2.05, 4.69) is 20.0 Å². The zero-order valence-electron chi connectivity index (χ0n) is 15.6. The SMILES string of the molecule is Cc1cc2ccnc(Nc3cccnc3)c2c(=O)n1-c1ccc(OC(F)(F)F)cc1. The maximum atomic E-state index is 13.3. The average Bonchev–Trinajstić information content (AvgIpc) is 2.69. The highest BCUT2D eigenvalue weighted by atomic mass is 19.4. The molecule has 0 amide bonds. The van der Waals surface area contributed by atoms with Crippen LogP contribution in [0.25, 0.3) is 16.5 Å². The molecule has 0 atom stereocenters. The van der Waals surface area contributed by atoms with Crippen molar-refractivity contribution in [1.82, 2.24) is 14.5 Å². The smallest absolute Gasteiger partial charge is 0.406 e. The molecule has 1 N–H and O–H groups in total. The predicted octanol–water partition coefficient (Wildman–Crippen LogP) is 4.73. The first-order chi connectivity index (χ1) is 14.3. The summed E-state index contributed by atoms with van der Waals surface area (Å²) in [7, 11) is 0. The Balaban J connectivity index is 1.81. The Kier molecular flexibility index (Phi) is 4.86. The molecular weight excluding hydrogens is 397 g/mol. The molecule has 0 radical (unpaired) electrons. The maximum Gasteiger partial charge on any atom is 0.573 e. The van der Waals surface area contributed by atoms with Crippen LogP contribution in [0.5, 0.6) is 5.75 Å². The number of alkyl halides is 3. The van der Waals surface area contributed by atoms with E-state index < -0.39 is 6.36 Å².